The Hall–Kier alpha value is -5.23. The summed E-state index contributed by atoms with van der Waals surface area (Å²) in [6, 6.07) is 0. The minimum Gasteiger partial charge on any atom is -0.478 e. The van der Waals surface area contributed by atoms with Crippen LogP contribution >= 0.6 is 0 Å². The monoisotopic (exact) mass is 1150 g/mol. The first-order chi connectivity index (χ1) is 38.9. The lowest BCUT2D eigenvalue weighted by molar-refractivity contribution is -0.132. The van der Waals surface area contributed by atoms with Crippen molar-refractivity contribution < 1.29 is 80.7 Å². The largest absolute Gasteiger partial charge is 0.478 e. The van der Waals surface area contributed by atoms with Gasteiger partial charge >= 0.3 is 5.97 Å². The average molecular weight is 1150 g/mol. The van der Waals surface area contributed by atoms with Gasteiger partial charge in [0.25, 0.3) is 0 Å². The van der Waals surface area contributed by atoms with Crippen LogP contribution in [0.15, 0.2) is 150 Å². The Morgan fingerprint density at radius 3 is 1.70 bits per heavy atom. The van der Waals surface area contributed by atoms with Gasteiger partial charge < -0.3 is 82.6 Å². The quantitative estimate of drug-likeness (QED) is 0.00762. The zero-order valence-corrected chi connectivity index (χ0v) is 48.3. The Morgan fingerprint density at radius 2 is 1.10 bits per heavy atom. The number of ketones is 1. The summed E-state index contributed by atoms with van der Waals surface area (Å²) in [4.78, 5) is 27.4. The molecule has 0 saturated carbocycles. The van der Waals surface area contributed by atoms with Crippen molar-refractivity contribution in [1.29, 1.82) is 0 Å². The SMILES string of the molecule is CC(=CC=CC=CCCC=CC(C)C(O)C(C)C(O)C=CC=CC=CC=CC=CC=CCC(O)C(C)C(=O)CC(O)CC(O)C=CCC(O)CC(O)CC(O)C1OC1CC(O)CC(O)C=CCC(O)CC(O)CCCN=C(N)N)C(=O)O. The molecular weight excluding hydrogens is 1050 g/mol. The van der Waals surface area contributed by atoms with E-state index in [1.54, 1.807) is 80.7 Å². The molecule has 1 saturated heterocycles. The van der Waals surface area contributed by atoms with Gasteiger partial charge in [-0.15, -0.1) is 0 Å². The Bertz CT molecular complexity index is 2180. The van der Waals surface area contributed by atoms with E-state index in [2.05, 4.69) is 4.99 Å². The standard InChI is InChI=1S/C63H99N3O16/c1-43(26-19-15-11-10-12-16-20-27-44(2)62(80)81)60(79)46(4)56(76)34-22-18-14-9-7-5-6-8-13-17-21-33-55(75)45(3)57(77)40-52(72)37-48(68)29-24-30-49(69)38-53(73)41-58(78)61-59(82-61)42-54(74)39-50(70)31-23-28-47(67)36-51(71)32-25-35-66-63(64)65/h5-10,12-14,16-24,26-27,29,31,34,43,45-56,58-61,67-76,78-79H,11,15,25,28,30,32-33,35-42H2,1-4H3,(H,80,81)(H4,64,65,66). The highest BCUT2D eigenvalue weighted by Crippen LogP contribution is 2.33. The second-order valence-electron chi connectivity index (χ2n) is 21.2. The second-order valence-corrected chi connectivity index (χ2v) is 21.2. The molecule has 0 radical (unpaired) electrons. The molecule has 17 N–H and O–H groups in total. The number of rotatable bonds is 45. The third-order valence-corrected chi connectivity index (χ3v) is 13.6. The number of carboxylic acids is 1. The maximum atomic E-state index is 12.8. The summed E-state index contributed by atoms with van der Waals surface area (Å²) >= 11 is 0. The smallest absolute Gasteiger partial charge is 0.331 e. The first kappa shape index (κ1) is 74.8. The number of Topliss-reactive ketones (excluding diaryl/α,β-unsaturated/α-hetero) is 1. The molecule has 1 rings (SSSR count). The number of carboxylic acid groups (broad SMARTS) is 1. The summed E-state index contributed by atoms with van der Waals surface area (Å²) < 4.78 is 5.50. The number of epoxide rings is 1. The number of guanidine groups is 1. The van der Waals surface area contributed by atoms with Crippen LogP contribution in [0.4, 0.5) is 0 Å². The number of aliphatic imine (C=N–C) groups is 1. The van der Waals surface area contributed by atoms with Crippen LogP contribution in [0.5, 0.6) is 0 Å². The highest BCUT2D eigenvalue weighted by atomic mass is 16.6. The fourth-order valence-corrected chi connectivity index (χ4v) is 8.42. The van der Waals surface area contributed by atoms with Gasteiger partial charge in [0.1, 0.15) is 11.9 Å². The number of nitrogens with two attached hydrogens (primary N) is 2. The van der Waals surface area contributed by atoms with Gasteiger partial charge in [0.2, 0.25) is 0 Å². The predicted molar refractivity (Wildman–Crippen MR) is 320 cm³/mol. The average Bonchev–Trinajstić information content (AvgIpc) is 4.36. The molecule has 19 heteroatoms. The molecule has 1 aliphatic heterocycles. The number of carbonyl (C=O) groups excluding carboxylic acids is 1. The minimum absolute atomic E-state index is 0.00796. The summed E-state index contributed by atoms with van der Waals surface area (Å²) in [5.41, 5.74) is 10.8. The maximum absolute atomic E-state index is 12.8. The summed E-state index contributed by atoms with van der Waals surface area (Å²) in [6.07, 6.45) is 29.9. The predicted octanol–water partition coefficient (Wildman–Crippen LogP) is 4.45. The van der Waals surface area contributed by atoms with Crippen molar-refractivity contribution in [2.24, 2.45) is 34.2 Å². The van der Waals surface area contributed by atoms with Gasteiger partial charge in [-0.05, 0) is 64.7 Å². The molecule has 0 aliphatic carbocycles. The highest BCUT2D eigenvalue weighted by Gasteiger charge is 2.45. The maximum Gasteiger partial charge on any atom is 0.331 e. The van der Waals surface area contributed by atoms with Crippen molar-refractivity contribution in [2.75, 3.05) is 6.54 Å². The molecule has 1 heterocycles. The number of allylic oxidation sites excluding steroid dienone is 16. The highest BCUT2D eigenvalue weighted by molar-refractivity contribution is 5.86. The molecule has 0 aromatic carbocycles. The molecule has 0 aromatic heterocycles. The van der Waals surface area contributed by atoms with E-state index in [-0.39, 0.29) is 93.4 Å². The zero-order chi connectivity index (χ0) is 61.4. The Kier molecular flexibility index (Phi) is 40.4. The van der Waals surface area contributed by atoms with Gasteiger partial charge in [-0.25, -0.2) is 4.79 Å². The minimum atomic E-state index is -1.18. The molecular formula is C63H99N3O16. The summed E-state index contributed by atoms with van der Waals surface area (Å²) in [7, 11) is 0. The van der Waals surface area contributed by atoms with Crippen LogP contribution in [0, 0.1) is 17.8 Å². The lowest BCUT2D eigenvalue weighted by atomic mass is 9.88. The molecule has 19 nitrogen and oxygen atoms in total. The first-order valence-electron chi connectivity index (χ1n) is 28.5. The van der Waals surface area contributed by atoms with Crippen molar-refractivity contribution in [3.63, 3.8) is 0 Å². The van der Waals surface area contributed by atoms with Crippen LogP contribution in [0.1, 0.15) is 118 Å². The molecule has 17 atom stereocenters. The van der Waals surface area contributed by atoms with Crippen LogP contribution in [0.3, 0.4) is 0 Å². The van der Waals surface area contributed by atoms with Crippen molar-refractivity contribution in [2.45, 2.75) is 203 Å². The summed E-state index contributed by atoms with van der Waals surface area (Å²) in [5.74, 6) is -2.65. The number of carbonyl (C=O) groups is 2. The normalized spacial score (nSPS) is 21.4. The van der Waals surface area contributed by atoms with E-state index in [0.29, 0.717) is 19.4 Å². The summed E-state index contributed by atoms with van der Waals surface area (Å²) in [6.45, 7) is 7.18. The van der Waals surface area contributed by atoms with Gasteiger partial charge in [-0.3, -0.25) is 9.79 Å². The van der Waals surface area contributed by atoms with Crippen LogP contribution in [0.25, 0.3) is 0 Å². The van der Waals surface area contributed by atoms with Gasteiger partial charge in [0.05, 0.1) is 79.4 Å². The third kappa shape index (κ3) is 37.8. The number of ether oxygens (including phenoxy) is 1. The zero-order valence-electron chi connectivity index (χ0n) is 48.3. The van der Waals surface area contributed by atoms with Crippen molar-refractivity contribution >= 4 is 17.7 Å². The molecule has 1 aliphatic rings. The van der Waals surface area contributed by atoms with E-state index < -0.39 is 97.3 Å². The Labute approximate surface area is 485 Å². The Balaban J connectivity index is 2.31. The number of nitrogens with zero attached hydrogens (tertiary/aromatic N) is 1. The second kappa shape index (κ2) is 44.3. The van der Waals surface area contributed by atoms with Crippen LogP contribution in [-0.2, 0) is 14.3 Å². The van der Waals surface area contributed by atoms with Gasteiger partial charge in [-0.2, -0.15) is 0 Å². The van der Waals surface area contributed by atoms with Crippen LogP contribution in [0.2, 0.25) is 0 Å². The van der Waals surface area contributed by atoms with Gasteiger partial charge in [0.15, 0.2) is 5.96 Å². The number of aliphatic hydroxyl groups is 12. The van der Waals surface area contributed by atoms with Crippen molar-refractivity contribution in [1.82, 2.24) is 0 Å². The third-order valence-electron chi connectivity index (χ3n) is 13.6. The molecule has 0 spiro atoms. The topological polar surface area (TPSA) is 374 Å². The number of aliphatic carboxylic acids is 1. The number of aliphatic hydroxyl groups excluding tert-OH is 12. The Morgan fingerprint density at radius 1 is 0.561 bits per heavy atom. The van der Waals surface area contributed by atoms with E-state index in [0.717, 1.165) is 12.8 Å². The van der Waals surface area contributed by atoms with Crippen LogP contribution in [-0.4, -0.2) is 176 Å². The van der Waals surface area contributed by atoms with E-state index in [9.17, 15) is 70.9 Å². The van der Waals surface area contributed by atoms with Gasteiger partial charge in [-0.1, -0.05) is 161 Å². The molecule has 1 fully saturated rings. The number of hydrogen-bond donors (Lipinski definition) is 15. The van der Waals surface area contributed by atoms with Crippen molar-refractivity contribution in [3.05, 3.63) is 145 Å². The molecule has 0 aromatic rings. The fourth-order valence-electron chi connectivity index (χ4n) is 8.42. The molecule has 82 heavy (non-hydrogen) atoms. The van der Waals surface area contributed by atoms with Crippen LogP contribution < -0.4 is 11.5 Å². The van der Waals surface area contributed by atoms with E-state index in [1.165, 1.54) is 31.2 Å². The molecule has 17 unspecified atom stereocenters. The molecule has 462 valence electrons. The molecule has 0 amide bonds. The number of unbranched alkanes of at least 4 members (excludes halogenated alkanes) is 1. The van der Waals surface area contributed by atoms with Crippen molar-refractivity contribution in [3.8, 4) is 0 Å². The van der Waals surface area contributed by atoms with E-state index >= 15 is 0 Å². The summed E-state index contributed by atoms with van der Waals surface area (Å²) in [5, 5.41) is 134. The van der Waals surface area contributed by atoms with E-state index in [1.807, 2.05) is 55.5 Å². The lowest BCUT2D eigenvalue weighted by Crippen LogP contribution is -2.32. The first-order valence-corrected chi connectivity index (χ1v) is 28.5. The molecule has 0 bridgehead atoms. The number of hydrogen-bond acceptors (Lipinski definition) is 16. The van der Waals surface area contributed by atoms with E-state index in [4.69, 9.17) is 21.3 Å². The lowest BCUT2D eigenvalue weighted by Gasteiger charge is -2.25. The van der Waals surface area contributed by atoms with Gasteiger partial charge in [0, 0.05) is 62.0 Å². The fraction of sp³-hybridized carbons (Fsp3) is 0.571.